The molecular formula is C25H19ClFN5O4S. The second-order valence-corrected chi connectivity index (χ2v) is 10.2. The molecule has 1 heterocycles. The number of aldehydes is 1. The van der Waals surface area contributed by atoms with Gasteiger partial charge in [-0.1, -0.05) is 29.8 Å². The number of amides is 1. The maximum atomic E-state index is 14.3. The molecule has 37 heavy (non-hydrogen) atoms. The molecule has 0 unspecified atom stereocenters. The van der Waals surface area contributed by atoms with Crippen LogP contribution in [-0.4, -0.2) is 36.8 Å². The van der Waals surface area contributed by atoms with Crippen LogP contribution in [0.15, 0.2) is 77.8 Å². The van der Waals surface area contributed by atoms with Crippen LogP contribution >= 0.6 is 11.6 Å². The van der Waals surface area contributed by atoms with Gasteiger partial charge in [0, 0.05) is 23.7 Å². The Balaban J connectivity index is 1.74. The smallest absolute Gasteiger partial charge is 0.261 e. The van der Waals surface area contributed by atoms with E-state index < -0.39 is 21.6 Å². The molecule has 3 N–H and O–H groups in total. The maximum absolute atomic E-state index is 14.3. The highest BCUT2D eigenvalue weighted by Crippen LogP contribution is 2.29. The zero-order valence-corrected chi connectivity index (χ0v) is 20.8. The van der Waals surface area contributed by atoms with Gasteiger partial charge >= 0.3 is 0 Å². The van der Waals surface area contributed by atoms with E-state index in [9.17, 15) is 22.4 Å². The van der Waals surface area contributed by atoms with Crippen LogP contribution in [0.2, 0.25) is 5.02 Å². The van der Waals surface area contributed by atoms with Crippen LogP contribution in [0, 0.1) is 5.82 Å². The molecule has 0 aliphatic heterocycles. The molecular weight excluding hydrogens is 521 g/mol. The molecule has 0 aliphatic rings. The fourth-order valence-corrected chi connectivity index (χ4v) is 4.35. The zero-order valence-electron chi connectivity index (χ0n) is 19.2. The second-order valence-electron chi connectivity index (χ2n) is 7.76. The van der Waals surface area contributed by atoms with Gasteiger partial charge in [-0.3, -0.25) is 9.59 Å². The van der Waals surface area contributed by atoms with Gasteiger partial charge in [-0.25, -0.2) is 17.8 Å². The van der Waals surface area contributed by atoms with Crippen molar-refractivity contribution >= 4 is 62.5 Å². The van der Waals surface area contributed by atoms with E-state index in [1.54, 1.807) is 36.4 Å². The minimum Gasteiger partial charge on any atom is -0.338 e. The second kappa shape index (κ2) is 10.7. The number of nitrogens with one attached hydrogen (secondary N) is 3. The first-order valence-electron chi connectivity index (χ1n) is 10.7. The summed E-state index contributed by atoms with van der Waals surface area (Å²) in [5.74, 6) is -1.51. The molecule has 0 aliphatic carbocycles. The molecule has 0 saturated carbocycles. The number of anilines is 5. The number of sulfone groups is 1. The Labute approximate surface area is 216 Å². The molecule has 188 valence electrons. The van der Waals surface area contributed by atoms with Crippen molar-refractivity contribution in [3.05, 3.63) is 94.9 Å². The minimum atomic E-state index is -3.63. The summed E-state index contributed by atoms with van der Waals surface area (Å²) in [6.45, 7) is 0. The highest BCUT2D eigenvalue weighted by atomic mass is 35.5. The summed E-state index contributed by atoms with van der Waals surface area (Å²) in [6, 6.07) is 16.5. The third kappa shape index (κ3) is 6.08. The largest absolute Gasteiger partial charge is 0.338 e. The van der Waals surface area contributed by atoms with Crippen LogP contribution in [0.25, 0.3) is 0 Å². The Hall–Kier alpha value is -4.35. The van der Waals surface area contributed by atoms with Gasteiger partial charge < -0.3 is 16.0 Å². The van der Waals surface area contributed by atoms with Gasteiger partial charge in [0.15, 0.2) is 9.84 Å². The normalized spacial score (nSPS) is 11.0. The molecule has 1 amide bonds. The van der Waals surface area contributed by atoms with Crippen molar-refractivity contribution in [3.63, 3.8) is 0 Å². The molecule has 0 atom stereocenters. The quantitative estimate of drug-likeness (QED) is 0.260. The van der Waals surface area contributed by atoms with Crippen LogP contribution in [0.5, 0.6) is 0 Å². The third-order valence-corrected chi connectivity index (χ3v) is 6.55. The fourth-order valence-electron chi connectivity index (χ4n) is 3.30. The molecule has 9 nitrogen and oxygen atoms in total. The Morgan fingerprint density at radius 1 is 1.00 bits per heavy atom. The minimum absolute atomic E-state index is 0.0109. The summed E-state index contributed by atoms with van der Waals surface area (Å²) in [6.07, 6.45) is 2.96. The van der Waals surface area contributed by atoms with Gasteiger partial charge in [0.2, 0.25) is 5.95 Å². The summed E-state index contributed by atoms with van der Waals surface area (Å²) in [5, 5.41) is 8.23. The van der Waals surface area contributed by atoms with E-state index in [-0.39, 0.29) is 38.6 Å². The summed E-state index contributed by atoms with van der Waals surface area (Å²) in [4.78, 5) is 32.5. The number of hydrogen-bond donors (Lipinski definition) is 3. The Bertz CT molecular complexity index is 1580. The number of rotatable bonds is 8. The monoisotopic (exact) mass is 539 g/mol. The summed E-state index contributed by atoms with van der Waals surface area (Å²) < 4.78 is 38.9. The zero-order chi connectivity index (χ0) is 26.6. The molecule has 1 aromatic heterocycles. The molecule has 0 bridgehead atoms. The van der Waals surface area contributed by atoms with Crippen LogP contribution in [0.4, 0.5) is 33.2 Å². The van der Waals surface area contributed by atoms with Crippen molar-refractivity contribution in [2.75, 3.05) is 22.2 Å². The first-order valence-corrected chi connectivity index (χ1v) is 12.9. The lowest BCUT2D eigenvalue weighted by Crippen LogP contribution is -2.17. The van der Waals surface area contributed by atoms with E-state index in [1.807, 2.05) is 0 Å². The Morgan fingerprint density at radius 2 is 1.73 bits per heavy atom. The number of nitrogens with zero attached hydrogens (tertiary/aromatic N) is 2. The first-order chi connectivity index (χ1) is 17.7. The van der Waals surface area contributed by atoms with Crippen LogP contribution in [-0.2, 0) is 9.84 Å². The van der Waals surface area contributed by atoms with Gasteiger partial charge in [-0.2, -0.15) is 4.98 Å². The summed E-state index contributed by atoms with van der Waals surface area (Å²) in [7, 11) is -3.63. The van der Waals surface area contributed by atoms with Gasteiger partial charge in [0.25, 0.3) is 5.91 Å². The van der Waals surface area contributed by atoms with E-state index in [4.69, 9.17) is 11.6 Å². The van der Waals surface area contributed by atoms with Crippen molar-refractivity contribution in [1.82, 2.24) is 9.97 Å². The van der Waals surface area contributed by atoms with Gasteiger partial charge in [-0.15, -0.1) is 0 Å². The number of aromatic nitrogens is 2. The molecule has 12 heteroatoms. The lowest BCUT2D eigenvalue weighted by molar-refractivity contribution is 0.102. The number of halogens is 2. The summed E-state index contributed by atoms with van der Waals surface area (Å²) in [5.41, 5.74) is 0.870. The molecule has 4 aromatic rings. The van der Waals surface area contributed by atoms with Crippen molar-refractivity contribution in [3.8, 4) is 0 Å². The Kier molecular flexibility index (Phi) is 7.46. The highest BCUT2D eigenvalue weighted by Gasteiger charge is 2.20. The number of hydrogen-bond acceptors (Lipinski definition) is 8. The standard InChI is InChI=1S/C25H19ClFN5O4S/c1-37(35,36)21-8-3-2-7-20(21)30-23-17(24(34)31-22-18(26)5-4-6-19(22)27)13-28-25(32-23)29-16-11-9-15(14-33)10-12-16/h2-14H,1H3,(H,31,34)(H2,28,29,30,32). The van der Waals surface area contributed by atoms with E-state index in [0.717, 1.165) is 12.3 Å². The topological polar surface area (TPSA) is 130 Å². The van der Waals surface area contributed by atoms with Crippen molar-refractivity contribution in [2.24, 2.45) is 0 Å². The van der Waals surface area contributed by atoms with E-state index in [2.05, 4.69) is 25.9 Å². The predicted octanol–water partition coefficient (Wildman–Crippen LogP) is 5.22. The van der Waals surface area contributed by atoms with Gasteiger partial charge in [0.05, 0.1) is 21.3 Å². The van der Waals surface area contributed by atoms with Crippen LogP contribution in [0.1, 0.15) is 20.7 Å². The van der Waals surface area contributed by atoms with Crippen molar-refractivity contribution in [2.45, 2.75) is 4.90 Å². The third-order valence-electron chi connectivity index (χ3n) is 5.08. The predicted molar refractivity (Wildman–Crippen MR) is 139 cm³/mol. The maximum Gasteiger partial charge on any atom is 0.261 e. The SMILES string of the molecule is CS(=O)(=O)c1ccccc1Nc1nc(Nc2ccc(C=O)cc2)ncc1C(=O)Nc1c(F)cccc1Cl. The molecule has 0 saturated heterocycles. The molecule has 3 aromatic carbocycles. The van der Waals surface area contributed by atoms with Crippen molar-refractivity contribution < 1.29 is 22.4 Å². The van der Waals surface area contributed by atoms with Crippen LogP contribution in [0.3, 0.4) is 0 Å². The molecule has 0 fully saturated rings. The number of carbonyl (C=O) groups excluding carboxylic acids is 2. The fraction of sp³-hybridized carbons (Fsp3) is 0.0400. The number of carbonyl (C=O) groups is 2. The van der Waals surface area contributed by atoms with E-state index in [1.165, 1.54) is 30.5 Å². The van der Waals surface area contributed by atoms with E-state index in [0.29, 0.717) is 17.5 Å². The highest BCUT2D eigenvalue weighted by molar-refractivity contribution is 7.90. The number of benzene rings is 3. The van der Waals surface area contributed by atoms with Gasteiger partial charge in [0.1, 0.15) is 23.5 Å². The van der Waals surface area contributed by atoms with Crippen LogP contribution < -0.4 is 16.0 Å². The summed E-state index contributed by atoms with van der Waals surface area (Å²) >= 11 is 6.04. The lowest BCUT2D eigenvalue weighted by Gasteiger charge is -2.15. The number of para-hydroxylation sites is 2. The average Bonchev–Trinajstić information content (AvgIpc) is 2.86. The Morgan fingerprint density at radius 3 is 2.41 bits per heavy atom. The lowest BCUT2D eigenvalue weighted by atomic mass is 10.2. The molecule has 0 spiro atoms. The van der Waals surface area contributed by atoms with E-state index >= 15 is 0 Å². The molecule has 0 radical (unpaired) electrons. The van der Waals surface area contributed by atoms with Crippen molar-refractivity contribution in [1.29, 1.82) is 0 Å². The first kappa shape index (κ1) is 25.7. The average molecular weight is 540 g/mol. The van der Waals surface area contributed by atoms with Gasteiger partial charge in [-0.05, 0) is 48.5 Å². The molecule has 4 rings (SSSR count).